The van der Waals surface area contributed by atoms with Gasteiger partial charge in [0.15, 0.2) is 0 Å². The van der Waals surface area contributed by atoms with Gasteiger partial charge < -0.3 is 4.90 Å². The molecule has 0 amide bonds. The third kappa shape index (κ3) is 2.38. The molecule has 20 heavy (non-hydrogen) atoms. The Morgan fingerprint density at radius 2 is 2.00 bits per heavy atom. The Labute approximate surface area is 122 Å². The average molecular weight is 278 g/mol. The number of hydrogen-bond donors (Lipinski definition) is 0. The Morgan fingerprint density at radius 1 is 1.15 bits per heavy atom. The quantitative estimate of drug-likeness (QED) is 0.709. The predicted molar refractivity (Wildman–Crippen MR) is 85.1 cm³/mol. The molecule has 2 nitrogen and oxygen atoms in total. The molecule has 0 aliphatic rings. The third-order valence-corrected chi connectivity index (χ3v) is 4.40. The van der Waals surface area contributed by atoms with Crippen LogP contribution in [0.15, 0.2) is 53.9 Å². The molecule has 3 aromatic rings. The number of nitriles is 1. The van der Waals surface area contributed by atoms with Crippen molar-refractivity contribution in [3.63, 3.8) is 0 Å². The zero-order chi connectivity index (χ0) is 13.9. The van der Waals surface area contributed by atoms with Crippen molar-refractivity contribution < 1.29 is 0 Å². The Hall–Kier alpha value is -2.31. The topological polar surface area (TPSA) is 27.0 Å². The number of rotatable bonds is 3. The molecule has 1 heterocycles. The number of nitrogens with zero attached hydrogens (tertiary/aromatic N) is 2. The SMILES string of the molecule is CN(Cc1csc2ccccc12)c1cccc(C#N)c1. The van der Waals surface area contributed by atoms with Crippen LogP contribution in [0.1, 0.15) is 11.1 Å². The van der Waals surface area contributed by atoms with E-state index in [4.69, 9.17) is 5.26 Å². The number of fused-ring (bicyclic) bond motifs is 1. The van der Waals surface area contributed by atoms with Gasteiger partial charge in [-0.3, -0.25) is 0 Å². The lowest BCUT2D eigenvalue weighted by Crippen LogP contribution is -2.16. The van der Waals surface area contributed by atoms with Crippen molar-refractivity contribution in [2.24, 2.45) is 0 Å². The molecule has 3 heteroatoms. The molecule has 3 rings (SSSR count). The minimum Gasteiger partial charge on any atom is -0.370 e. The van der Waals surface area contributed by atoms with Gasteiger partial charge in [-0.25, -0.2) is 0 Å². The van der Waals surface area contributed by atoms with Gasteiger partial charge in [-0.1, -0.05) is 24.3 Å². The first-order valence-corrected chi connectivity index (χ1v) is 7.32. The molecule has 0 unspecified atom stereocenters. The first kappa shape index (κ1) is 12.7. The van der Waals surface area contributed by atoms with E-state index in [1.165, 1.54) is 15.6 Å². The normalized spacial score (nSPS) is 10.4. The summed E-state index contributed by atoms with van der Waals surface area (Å²) in [6.07, 6.45) is 0. The molecule has 0 aliphatic heterocycles. The van der Waals surface area contributed by atoms with Crippen LogP contribution in [0.3, 0.4) is 0 Å². The van der Waals surface area contributed by atoms with Gasteiger partial charge >= 0.3 is 0 Å². The Morgan fingerprint density at radius 3 is 2.85 bits per heavy atom. The van der Waals surface area contributed by atoms with Gasteiger partial charge in [0, 0.05) is 24.0 Å². The van der Waals surface area contributed by atoms with Crippen molar-refractivity contribution in [3.05, 3.63) is 65.0 Å². The molecule has 0 bridgehead atoms. The van der Waals surface area contributed by atoms with Crippen LogP contribution >= 0.6 is 11.3 Å². The van der Waals surface area contributed by atoms with Crippen LogP contribution in [0.4, 0.5) is 5.69 Å². The summed E-state index contributed by atoms with van der Waals surface area (Å²) in [5.74, 6) is 0. The lowest BCUT2D eigenvalue weighted by atomic mass is 10.1. The zero-order valence-corrected chi connectivity index (χ0v) is 12.0. The van der Waals surface area contributed by atoms with Gasteiger partial charge in [-0.2, -0.15) is 5.26 Å². The van der Waals surface area contributed by atoms with E-state index in [-0.39, 0.29) is 0 Å². The summed E-state index contributed by atoms with van der Waals surface area (Å²) >= 11 is 1.78. The van der Waals surface area contributed by atoms with Gasteiger partial charge in [-0.05, 0) is 40.6 Å². The van der Waals surface area contributed by atoms with Gasteiger partial charge in [0.2, 0.25) is 0 Å². The van der Waals surface area contributed by atoms with E-state index >= 15 is 0 Å². The molecule has 0 atom stereocenters. The summed E-state index contributed by atoms with van der Waals surface area (Å²) in [5, 5.41) is 12.5. The average Bonchev–Trinajstić information content (AvgIpc) is 2.90. The second-order valence-corrected chi connectivity index (χ2v) is 5.69. The summed E-state index contributed by atoms with van der Waals surface area (Å²) in [6.45, 7) is 0.846. The van der Waals surface area contributed by atoms with Gasteiger partial charge in [0.25, 0.3) is 0 Å². The van der Waals surface area contributed by atoms with Crippen LogP contribution < -0.4 is 4.90 Å². The van der Waals surface area contributed by atoms with Crippen LogP contribution in [0, 0.1) is 11.3 Å². The van der Waals surface area contributed by atoms with E-state index in [0.29, 0.717) is 5.56 Å². The highest BCUT2D eigenvalue weighted by Gasteiger charge is 2.07. The molecule has 0 spiro atoms. The lowest BCUT2D eigenvalue weighted by Gasteiger charge is -2.19. The van der Waals surface area contributed by atoms with E-state index in [1.54, 1.807) is 11.3 Å². The minimum absolute atomic E-state index is 0.699. The molecular formula is C17H14N2S. The van der Waals surface area contributed by atoms with E-state index < -0.39 is 0 Å². The van der Waals surface area contributed by atoms with Crippen LogP contribution in [0.25, 0.3) is 10.1 Å². The molecule has 0 N–H and O–H groups in total. The van der Waals surface area contributed by atoms with Crippen LogP contribution in [-0.4, -0.2) is 7.05 Å². The summed E-state index contributed by atoms with van der Waals surface area (Å²) in [6, 6.07) is 18.4. The van der Waals surface area contributed by atoms with Crippen molar-refractivity contribution in [1.29, 1.82) is 5.26 Å². The predicted octanol–water partition coefficient (Wildman–Crippen LogP) is 4.41. The molecule has 1 aromatic heterocycles. The smallest absolute Gasteiger partial charge is 0.0992 e. The van der Waals surface area contributed by atoms with Crippen LogP contribution in [0.2, 0.25) is 0 Å². The van der Waals surface area contributed by atoms with Crippen molar-refractivity contribution >= 4 is 27.1 Å². The highest BCUT2D eigenvalue weighted by Crippen LogP contribution is 2.27. The van der Waals surface area contributed by atoms with E-state index in [1.807, 2.05) is 24.3 Å². The van der Waals surface area contributed by atoms with Gasteiger partial charge in [0.05, 0.1) is 11.6 Å². The highest BCUT2D eigenvalue weighted by molar-refractivity contribution is 7.17. The molecular weight excluding hydrogens is 264 g/mol. The fourth-order valence-electron chi connectivity index (χ4n) is 2.31. The van der Waals surface area contributed by atoms with Gasteiger partial charge in [-0.15, -0.1) is 11.3 Å². The number of thiophene rings is 1. The standard InChI is InChI=1S/C17H14N2S/c1-19(15-6-4-5-13(9-15)10-18)11-14-12-20-17-8-3-2-7-16(14)17/h2-9,12H,11H2,1H3. The second-order valence-electron chi connectivity index (χ2n) is 4.78. The maximum Gasteiger partial charge on any atom is 0.0992 e. The van der Waals surface area contributed by atoms with E-state index in [2.05, 4.69) is 47.7 Å². The molecule has 0 saturated carbocycles. The first-order chi connectivity index (χ1) is 9.78. The van der Waals surface area contributed by atoms with Crippen LogP contribution in [0.5, 0.6) is 0 Å². The molecule has 0 radical (unpaired) electrons. The first-order valence-electron chi connectivity index (χ1n) is 6.44. The fraction of sp³-hybridized carbons (Fsp3) is 0.118. The zero-order valence-electron chi connectivity index (χ0n) is 11.2. The highest BCUT2D eigenvalue weighted by atomic mass is 32.1. The number of hydrogen-bond acceptors (Lipinski definition) is 3. The van der Waals surface area contributed by atoms with Gasteiger partial charge in [0.1, 0.15) is 0 Å². The summed E-state index contributed by atoms with van der Waals surface area (Å²) in [4.78, 5) is 2.18. The molecule has 98 valence electrons. The van der Waals surface area contributed by atoms with E-state index in [9.17, 15) is 0 Å². The minimum atomic E-state index is 0.699. The molecule has 0 fully saturated rings. The molecule has 0 aliphatic carbocycles. The van der Waals surface area contributed by atoms with E-state index in [0.717, 1.165) is 12.2 Å². The molecule has 2 aromatic carbocycles. The summed E-state index contributed by atoms with van der Waals surface area (Å²) in [7, 11) is 2.06. The molecule has 0 saturated heterocycles. The summed E-state index contributed by atoms with van der Waals surface area (Å²) < 4.78 is 1.32. The second kappa shape index (κ2) is 5.36. The van der Waals surface area contributed by atoms with Crippen LogP contribution in [-0.2, 0) is 6.54 Å². The number of benzene rings is 2. The largest absolute Gasteiger partial charge is 0.370 e. The Kier molecular flexibility index (Phi) is 3.41. The lowest BCUT2D eigenvalue weighted by molar-refractivity contribution is 0.933. The summed E-state index contributed by atoms with van der Waals surface area (Å²) in [5.41, 5.74) is 3.10. The van der Waals surface area contributed by atoms with Crippen molar-refractivity contribution in [1.82, 2.24) is 0 Å². The van der Waals surface area contributed by atoms with Crippen molar-refractivity contribution in [2.75, 3.05) is 11.9 Å². The fourth-order valence-corrected chi connectivity index (χ4v) is 3.27. The maximum atomic E-state index is 8.97. The third-order valence-electron chi connectivity index (χ3n) is 3.38. The Bertz CT molecular complexity index is 783. The number of anilines is 1. The van der Waals surface area contributed by atoms with Crippen molar-refractivity contribution in [2.45, 2.75) is 6.54 Å². The monoisotopic (exact) mass is 278 g/mol. The maximum absolute atomic E-state index is 8.97. The van der Waals surface area contributed by atoms with Crippen molar-refractivity contribution in [3.8, 4) is 6.07 Å². The Balaban J connectivity index is 1.88.